The van der Waals surface area contributed by atoms with Crippen LogP contribution in [-0.4, -0.2) is 25.5 Å². The van der Waals surface area contributed by atoms with E-state index >= 15 is 0 Å². The van der Waals surface area contributed by atoms with Gasteiger partial charge in [0.2, 0.25) is 0 Å². The molecule has 0 saturated carbocycles. The Morgan fingerprint density at radius 3 is 2.62 bits per heavy atom. The molecule has 0 spiro atoms. The molecule has 0 aromatic heterocycles. The normalized spacial score (nSPS) is 18.8. The SMILES string of the molecule is CCO[C@@H](C1=NCC(CC)(CC)CN1)c1cccc(Cl)c1. The summed E-state index contributed by atoms with van der Waals surface area (Å²) in [6, 6.07) is 7.82. The first-order valence-electron chi connectivity index (χ1n) is 7.79. The van der Waals surface area contributed by atoms with Gasteiger partial charge in [0.05, 0.1) is 0 Å². The summed E-state index contributed by atoms with van der Waals surface area (Å²) in [4.78, 5) is 4.79. The van der Waals surface area contributed by atoms with Gasteiger partial charge in [-0.3, -0.25) is 4.99 Å². The molecule has 0 aliphatic carbocycles. The monoisotopic (exact) mass is 308 g/mol. The van der Waals surface area contributed by atoms with Crippen molar-refractivity contribution in [1.29, 1.82) is 0 Å². The molecule has 0 unspecified atom stereocenters. The summed E-state index contributed by atoms with van der Waals surface area (Å²) in [5.74, 6) is 0.927. The van der Waals surface area contributed by atoms with Gasteiger partial charge in [-0.1, -0.05) is 37.6 Å². The van der Waals surface area contributed by atoms with Crippen molar-refractivity contribution in [3.8, 4) is 0 Å². The number of aliphatic imine (C=N–C) groups is 1. The Hall–Kier alpha value is -1.06. The summed E-state index contributed by atoms with van der Waals surface area (Å²) in [5.41, 5.74) is 1.34. The number of hydrogen-bond acceptors (Lipinski definition) is 3. The summed E-state index contributed by atoms with van der Waals surface area (Å²) in [6.07, 6.45) is 2.13. The van der Waals surface area contributed by atoms with Crippen molar-refractivity contribution in [3.05, 3.63) is 34.9 Å². The molecule has 0 radical (unpaired) electrons. The van der Waals surface area contributed by atoms with Crippen molar-refractivity contribution >= 4 is 17.4 Å². The second-order valence-corrected chi connectivity index (χ2v) is 6.09. The van der Waals surface area contributed by atoms with Gasteiger partial charge in [0, 0.05) is 30.1 Å². The van der Waals surface area contributed by atoms with Crippen LogP contribution in [0.3, 0.4) is 0 Å². The van der Waals surface area contributed by atoms with E-state index < -0.39 is 0 Å². The summed E-state index contributed by atoms with van der Waals surface area (Å²) in [5, 5.41) is 4.22. The summed E-state index contributed by atoms with van der Waals surface area (Å²) >= 11 is 6.10. The predicted molar refractivity (Wildman–Crippen MR) is 89.1 cm³/mol. The van der Waals surface area contributed by atoms with Gasteiger partial charge in [-0.05, 0) is 37.5 Å². The molecule has 21 heavy (non-hydrogen) atoms. The minimum Gasteiger partial charge on any atom is -0.371 e. The maximum Gasteiger partial charge on any atom is 0.139 e. The molecule has 1 heterocycles. The highest BCUT2D eigenvalue weighted by atomic mass is 35.5. The van der Waals surface area contributed by atoms with Crippen molar-refractivity contribution < 1.29 is 4.74 Å². The van der Waals surface area contributed by atoms with E-state index in [0.717, 1.165) is 42.4 Å². The quantitative estimate of drug-likeness (QED) is 0.853. The predicted octanol–water partition coefficient (Wildman–Crippen LogP) is 4.23. The van der Waals surface area contributed by atoms with Crippen molar-refractivity contribution in [2.75, 3.05) is 19.7 Å². The van der Waals surface area contributed by atoms with Gasteiger partial charge >= 0.3 is 0 Å². The second-order valence-electron chi connectivity index (χ2n) is 5.65. The average molecular weight is 309 g/mol. The number of ether oxygens (including phenoxy) is 1. The molecule has 4 heteroatoms. The van der Waals surface area contributed by atoms with Gasteiger partial charge in [0.25, 0.3) is 0 Å². The maximum absolute atomic E-state index is 6.10. The van der Waals surface area contributed by atoms with Crippen LogP contribution < -0.4 is 5.32 Å². The zero-order valence-electron chi connectivity index (χ0n) is 13.2. The lowest BCUT2D eigenvalue weighted by atomic mass is 9.81. The lowest BCUT2D eigenvalue weighted by molar-refractivity contribution is 0.104. The van der Waals surface area contributed by atoms with E-state index in [0.29, 0.717) is 6.61 Å². The van der Waals surface area contributed by atoms with Crippen LogP contribution in [0, 0.1) is 5.41 Å². The first-order chi connectivity index (χ1) is 10.1. The van der Waals surface area contributed by atoms with Gasteiger partial charge in [-0.15, -0.1) is 0 Å². The second kappa shape index (κ2) is 7.28. The molecule has 0 bridgehead atoms. The Kier molecular flexibility index (Phi) is 5.65. The Labute approximate surface area is 132 Å². The highest BCUT2D eigenvalue weighted by Crippen LogP contribution is 2.30. The van der Waals surface area contributed by atoms with Crippen LogP contribution in [0.4, 0.5) is 0 Å². The Balaban J connectivity index is 2.22. The van der Waals surface area contributed by atoms with Crippen molar-refractivity contribution in [3.63, 3.8) is 0 Å². The standard InChI is InChI=1S/C17H25ClN2O/c1-4-17(5-2)11-19-16(20-12-17)15(21-6-3)13-8-7-9-14(18)10-13/h7-10,15H,4-6,11-12H2,1-3H3,(H,19,20)/t15-/m1/s1. The van der Waals surface area contributed by atoms with E-state index in [9.17, 15) is 0 Å². The van der Waals surface area contributed by atoms with Crippen molar-refractivity contribution in [1.82, 2.24) is 5.32 Å². The lowest BCUT2D eigenvalue weighted by Crippen LogP contribution is -2.46. The van der Waals surface area contributed by atoms with Crippen LogP contribution in [0.2, 0.25) is 5.02 Å². The average Bonchev–Trinajstić information content (AvgIpc) is 2.53. The Bertz CT molecular complexity index is 497. The largest absolute Gasteiger partial charge is 0.371 e. The number of benzene rings is 1. The van der Waals surface area contributed by atoms with Gasteiger partial charge in [-0.2, -0.15) is 0 Å². The Morgan fingerprint density at radius 1 is 1.33 bits per heavy atom. The summed E-state index contributed by atoms with van der Waals surface area (Å²) < 4.78 is 5.91. The molecule has 1 aliphatic rings. The molecule has 1 aromatic carbocycles. The first kappa shape index (κ1) is 16.3. The molecule has 2 rings (SSSR count). The van der Waals surface area contributed by atoms with E-state index in [4.69, 9.17) is 21.3 Å². The molecule has 1 aliphatic heterocycles. The number of nitrogens with zero attached hydrogens (tertiary/aromatic N) is 1. The van der Waals surface area contributed by atoms with Crippen LogP contribution in [0.15, 0.2) is 29.3 Å². The van der Waals surface area contributed by atoms with E-state index in [-0.39, 0.29) is 11.5 Å². The Morgan fingerprint density at radius 2 is 2.10 bits per heavy atom. The molecule has 0 saturated heterocycles. The summed E-state index contributed by atoms with van der Waals surface area (Å²) in [6.45, 7) is 8.95. The molecule has 116 valence electrons. The minimum atomic E-state index is -0.152. The van der Waals surface area contributed by atoms with Crippen molar-refractivity contribution in [2.45, 2.75) is 39.7 Å². The molecule has 0 fully saturated rings. The van der Waals surface area contributed by atoms with Crippen molar-refractivity contribution in [2.24, 2.45) is 10.4 Å². The van der Waals surface area contributed by atoms with E-state index in [1.54, 1.807) is 0 Å². The first-order valence-corrected chi connectivity index (χ1v) is 8.17. The highest BCUT2D eigenvalue weighted by molar-refractivity contribution is 6.30. The zero-order chi connectivity index (χ0) is 15.3. The van der Waals surface area contributed by atoms with Crippen LogP contribution in [0.25, 0.3) is 0 Å². The minimum absolute atomic E-state index is 0.152. The number of nitrogens with one attached hydrogen (secondary N) is 1. The smallest absolute Gasteiger partial charge is 0.139 e. The van der Waals surface area contributed by atoms with Crippen LogP contribution in [0.5, 0.6) is 0 Å². The zero-order valence-corrected chi connectivity index (χ0v) is 13.9. The molecule has 1 N–H and O–H groups in total. The number of amidine groups is 1. The number of rotatable bonds is 6. The van der Waals surface area contributed by atoms with E-state index in [1.807, 2.05) is 31.2 Å². The van der Waals surface area contributed by atoms with Gasteiger partial charge in [0.15, 0.2) is 0 Å². The third-order valence-corrected chi connectivity index (χ3v) is 4.70. The van der Waals surface area contributed by atoms with Crippen LogP contribution in [0.1, 0.15) is 45.3 Å². The summed E-state index contributed by atoms with van der Waals surface area (Å²) in [7, 11) is 0. The number of hydrogen-bond donors (Lipinski definition) is 1. The van der Waals surface area contributed by atoms with Gasteiger partial charge in [0.1, 0.15) is 11.9 Å². The van der Waals surface area contributed by atoms with Gasteiger partial charge < -0.3 is 10.1 Å². The third-order valence-electron chi connectivity index (χ3n) is 4.46. The fourth-order valence-corrected chi connectivity index (χ4v) is 2.91. The topological polar surface area (TPSA) is 33.6 Å². The number of halogens is 1. The van der Waals surface area contributed by atoms with E-state index in [1.165, 1.54) is 0 Å². The molecule has 1 aromatic rings. The lowest BCUT2D eigenvalue weighted by Gasteiger charge is -2.36. The van der Waals surface area contributed by atoms with E-state index in [2.05, 4.69) is 19.2 Å². The van der Waals surface area contributed by atoms with Crippen LogP contribution >= 0.6 is 11.6 Å². The highest BCUT2D eigenvalue weighted by Gasteiger charge is 2.32. The van der Waals surface area contributed by atoms with Crippen LogP contribution in [-0.2, 0) is 4.74 Å². The molecule has 3 nitrogen and oxygen atoms in total. The fraction of sp³-hybridized carbons (Fsp3) is 0.588. The molecular weight excluding hydrogens is 284 g/mol. The van der Waals surface area contributed by atoms with Gasteiger partial charge in [-0.25, -0.2) is 0 Å². The fourth-order valence-electron chi connectivity index (χ4n) is 2.71. The molecule has 0 amide bonds. The maximum atomic E-state index is 6.10. The third kappa shape index (κ3) is 3.78. The molecular formula is C17H25ClN2O. The molecule has 1 atom stereocenters.